The lowest BCUT2D eigenvalue weighted by molar-refractivity contribution is -0.155. The van der Waals surface area contributed by atoms with Gasteiger partial charge in [0.15, 0.2) is 6.10 Å². The van der Waals surface area contributed by atoms with Crippen molar-refractivity contribution in [1.29, 1.82) is 0 Å². The molecule has 3 heterocycles. The molecule has 150 valence electrons. The number of aromatic nitrogens is 1. The third kappa shape index (κ3) is 3.55. The molecule has 1 N–H and O–H groups in total. The summed E-state index contributed by atoms with van der Waals surface area (Å²) in [5.74, 6) is -0.171. The van der Waals surface area contributed by atoms with Crippen molar-refractivity contribution in [3.05, 3.63) is 60.2 Å². The molecular weight excluding hydrogens is 392 g/mol. The number of carbonyl (C=O) groups is 3. The summed E-state index contributed by atoms with van der Waals surface area (Å²) >= 11 is 1.43. The van der Waals surface area contributed by atoms with E-state index in [1.807, 2.05) is 24.3 Å². The van der Waals surface area contributed by atoms with Gasteiger partial charge in [-0.15, -0.1) is 11.8 Å². The summed E-state index contributed by atoms with van der Waals surface area (Å²) in [7, 11) is 0. The highest BCUT2D eigenvalue weighted by Gasteiger charge is 2.43. The Kier molecular flexibility index (Phi) is 5.19. The van der Waals surface area contributed by atoms with Gasteiger partial charge in [-0.2, -0.15) is 0 Å². The molecule has 1 aliphatic rings. The molecule has 1 amide bonds. The van der Waals surface area contributed by atoms with Gasteiger partial charge in [-0.1, -0.05) is 18.2 Å². The second kappa shape index (κ2) is 7.79. The lowest BCUT2D eigenvalue weighted by Crippen LogP contribution is -2.44. The summed E-state index contributed by atoms with van der Waals surface area (Å²) in [5, 5.41) is 0.389. The zero-order valence-corrected chi connectivity index (χ0v) is 16.8. The minimum atomic E-state index is -0.969. The number of H-pyrrole nitrogens is 1. The van der Waals surface area contributed by atoms with Gasteiger partial charge < -0.3 is 19.0 Å². The Bertz CT molecular complexity index is 1060. The number of carbonyl (C=O) groups excluding carboxylic acids is 3. The van der Waals surface area contributed by atoms with Crippen LogP contribution in [0.15, 0.2) is 53.3 Å². The number of amides is 1. The fourth-order valence-corrected chi connectivity index (χ4v) is 4.94. The van der Waals surface area contributed by atoms with Crippen LogP contribution in [0.2, 0.25) is 0 Å². The van der Waals surface area contributed by atoms with E-state index in [1.54, 1.807) is 25.3 Å². The van der Waals surface area contributed by atoms with E-state index in [0.717, 1.165) is 10.9 Å². The van der Waals surface area contributed by atoms with E-state index >= 15 is 0 Å². The molecule has 0 aliphatic carbocycles. The molecule has 0 saturated carbocycles. The standard InChI is InChI=1S/C21H20N2O5S/c1-12(19(25)15-10-22-16-7-4-3-6-14(15)16)28-21(26)17-11-29-20(23(17)13(2)24)18-8-5-9-27-18/h3-10,12,17,20,22H,11H2,1-2H3/t12-,17-,20+/m0/s1. The first-order valence-electron chi connectivity index (χ1n) is 9.22. The van der Waals surface area contributed by atoms with Crippen molar-refractivity contribution < 1.29 is 23.5 Å². The summed E-state index contributed by atoms with van der Waals surface area (Å²) in [6.45, 7) is 2.95. The number of nitrogens with zero attached hydrogens (tertiary/aromatic N) is 1. The van der Waals surface area contributed by atoms with Gasteiger partial charge in [0.1, 0.15) is 17.2 Å². The van der Waals surface area contributed by atoms with Crippen LogP contribution >= 0.6 is 11.8 Å². The Balaban J connectivity index is 1.49. The molecule has 0 spiro atoms. The topological polar surface area (TPSA) is 92.6 Å². The number of rotatable bonds is 5. The summed E-state index contributed by atoms with van der Waals surface area (Å²) in [6, 6.07) is 10.2. The van der Waals surface area contributed by atoms with Gasteiger partial charge in [0.2, 0.25) is 11.7 Å². The molecule has 3 atom stereocenters. The van der Waals surface area contributed by atoms with E-state index in [4.69, 9.17) is 9.15 Å². The van der Waals surface area contributed by atoms with Crippen molar-refractivity contribution in [2.45, 2.75) is 31.4 Å². The van der Waals surface area contributed by atoms with Gasteiger partial charge >= 0.3 is 5.97 Å². The number of furan rings is 1. The number of benzene rings is 1. The van der Waals surface area contributed by atoms with Gasteiger partial charge in [-0.25, -0.2) is 4.79 Å². The highest BCUT2D eigenvalue weighted by atomic mass is 32.2. The zero-order chi connectivity index (χ0) is 20.5. The van der Waals surface area contributed by atoms with Crippen LogP contribution in [0.4, 0.5) is 0 Å². The molecule has 0 unspecified atom stereocenters. The number of ketones is 1. The largest absolute Gasteiger partial charge is 0.466 e. The van der Waals surface area contributed by atoms with Gasteiger partial charge in [0.25, 0.3) is 0 Å². The number of nitrogens with one attached hydrogen (secondary N) is 1. The minimum absolute atomic E-state index is 0.256. The van der Waals surface area contributed by atoms with Crippen molar-refractivity contribution >= 4 is 40.3 Å². The molecule has 0 radical (unpaired) electrons. The Morgan fingerprint density at radius 3 is 2.76 bits per heavy atom. The predicted octanol–water partition coefficient (Wildman–Crippen LogP) is 3.54. The average Bonchev–Trinajstić information content (AvgIpc) is 3.45. The maximum atomic E-state index is 12.8. The van der Waals surface area contributed by atoms with Crippen LogP contribution in [-0.4, -0.2) is 45.4 Å². The lowest BCUT2D eigenvalue weighted by Gasteiger charge is -2.26. The number of aromatic amines is 1. The van der Waals surface area contributed by atoms with E-state index < -0.39 is 18.1 Å². The smallest absolute Gasteiger partial charge is 0.330 e. The fourth-order valence-electron chi connectivity index (χ4n) is 3.52. The van der Waals surface area contributed by atoms with Crippen LogP contribution in [0.25, 0.3) is 10.9 Å². The molecule has 1 saturated heterocycles. The Morgan fingerprint density at radius 2 is 2.03 bits per heavy atom. The van der Waals surface area contributed by atoms with E-state index in [9.17, 15) is 14.4 Å². The number of fused-ring (bicyclic) bond motifs is 1. The molecule has 3 aromatic rings. The van der Waals surface area contributed by atoms with Gasteiger partial charge in [0.05, 0.1) is 6.26 Å². The number of thioether (sulfide) groups is 1. The first-order valence-corrected chi connectivity index (χ1v) is 10.3. The Morgan fingerprint density at radius 1 is 1.24 bits per heavy atom. The third-order valence-corrected chi connectivity index (χ3v) is 6.22. The Hall–Kier alpha value is -3.00. The van der Waals surface area contributed by atoms with Crippen molar-refractivity contribution in [3.8, 4) is 0 Å². The molecule has 8 heteroatoms. The van der Waals surface area contributed by atoms with Crippen molar-refractivity contribution in [1.82, 2.24) is 9.88 Å². The second-order valence-electron chi connectivity index (χ2n) is 6.83. The van der Waals surface area contributed by atoms with E-state index in [0.29, 0.717) is 17.1 Å². The molecule has 1 fully saturated rings. The van der Waals surface area contributed by atoms with Crippen LogP contribution in [0, 0.1) is 0 Å². The van der Waals surface area contributed by atoms with Crippen LogP contribution in [-0.2, 0) is 14.3 Å². The summed E-state index contributed by atoms with van der Waals surface area (Å²) in [4.78, 5) is 42.4. The van der Waals surface area contributed by atoms with Gasteiger partial charge in [0, 0.05) is 35.3 Å². The molecule has 1 aromatic carbocycles. The average molecular weight is 412 g/mol. The van der Waals surface area contributed by atoms with Gasteiger partial charge in [-0.3, -0.25) is 9.59 Å². The highest BCUT2D eigenvalue weighted by Crippen LogP contribution is 2.42. The molecule has 1 aliphatic heterocycles. The van der Waals surface area contributed by atoms with Crippen molar-refractivity contribution in [3.63, 3.8) is 0 Å². The monoisotopic (exact) mass is 412 g/mol. The SMILES string of the molecule is CC(=O)N1[C@@H](c2ccco2)SC[C@H]1C(=O)O[C@@H](C)C(=O)c1c[nH]c2ccccc12. The van der Waals surface area contributed by atoms with Crippen molar-refractivity contribution in [2.24, 2.45) is 0 Å². The van der Waals surface area contributed by atoms with E-state index in [2.05, 4.69) is 4.98 Å². The molecule has 4 rings (SSSR count). The third-order valence-electron chi connectivity index (χ3n) is 4.94. The van der Waals surface area contributed by atoms with E-state index in [1.165, 1.54) is 29.8 Å². The summed E-state index contributed by atoms with van der Waals surface area (Å²) in [5.41, 5.74) is 1.31. The van der Waals surface area contributed by atoms with Crippen LogP contribution < -0.4 is 0 Å². The first kappa shape index (κ1) is 19.3. The number of hydrogen-bond acceptors (Lipinski definition) is 6. The molecular formula is C21H20N2O5S. The summed E-state index contributed by atoms with van der Waals surface area (Å²) in [6.07, 6.45) is 2.18. The number of ether oxygens (including phenoxy) is 1. The summed E-state index contributed by atoms with van der Waals surface area (Å²) < 4.78 is 10.9. The fraction of sp³-hybridized carbons (Fsp3) is 0.286. The maximum Gasteiger partial charge on any atom is 0.330 e. The predicted molar refractivity (Wildman–Crippen MR) is 108 cm³/mol. The maximum absolute atomic E-state index is 12.8. The number of hydrogen-bond donors (Lipinski definition) is 1. The number of esters is 1. The number of Topliss-reactive ketones (excluding diaryl/α,β-unsaturated/α-hetero) is 1. The molecule has 0 bridgehead atoms. The highest BCUT2D eigenvalue weighted by molar-refractivity contribution is 7.99. The normalized spacial score (nSPS) is 20.0. The lowest BCUT2D eigenvalue weighted by atomic mass is 10.1. The minimum Gasteiger partial charge on any atom is -0.466 e. The molecule has 7 nitrogen and oxygen atoms in total. The van der Waals surface area contributed by atoms with Crippen LogP contribution in [0.1, 0.15) is 35.3 Å². The molecule has 29 heavy (non-hydrogen) atoms. The quantitative estimate of drug-likeness (QED) is 0.509. The van der Waals surface area contributed by atoms with Crippen LogP contribution in [0.5, 0.6) is 0 Å². The Labute approximate surface area is 171 Å². The number of para-hydroxylation sites is 1. The van der Waals surface area contributed by atoms with E-state index in [-0.39, 0.29) is 17.1 Å². The second-order valence-corrected chi connectivity index (χ2v) is 7.95. The van der Waals surface area contributed by atoms with Crippen LogP contribution in [0.3, 0.4) is 0 Å². The first-order chi connectivity index (χ1) is 14.0. The molecule has 2 aromatic heterocycles. The van der Waals surface area contributed by atoms with Crippen molar-refractivity contribution in [2.75, 3.05) is 5.75 Å². The van der Waals surface area contributed by atoms with Gasteiger partial charge in [-0.05, 0) is 25.1 Å². The zero-order valence-electron chi connectivity index (χ0n) is 16.0.